The van der Waals surface area contributed by atoms with E-state index in [-0.39, 0.29) is 6.04 Å². The molecule has 0 saturated carbocycles. The number of rotatable bonds is 1. The number of hydrogen-bond donors (Lipinski definition) is 1. The van der Waals surface area contributed by atoms with Gasteiger partial charge in [0.05, 0.1) is 0 Å². The predicted molar refractivity (Wildman–Crippen MR) is 49.6 cm³/mol. The lowest BCUT2D eigenvalue weighted by Crippen LogP contribution is -2.04. The first-order chi connectivity index (χ1) is 4.70. The smallest absolute Gasteiger partial charge is 0.101 e. The highest BCUT2D eigenvalue weighted by Gasteiger charge is 1.97. The van der Waals surface area contributed by atoms with Crippen LogP contribution < -0.4 is 5.73 Å². The number of nitrogens with two attached hydrogens (primary N) is 1. The molecule has 3 heteroatoms. The molecular weight excluding hydrogens is 239 g/mol. The average molecular weight is 248 g/mol. The molecule has 2 N–H and O–H groups in total. The molecule has 0 saturated heterocycles. The van der Waals surface area contributed by atoms with Crippen LogP contribution in [-0.4, -0.2) is 4.98 Å². The number of nitrogens with zero attached hydrogens (tertiary/aromatic N) is 1. The zero-order valence-corrected chi connectivity index (χ0v) is 7.87. The summed E-state index contributed by atoms with van der Waals surface area (Å²) in [7, 11) is 0. The summed E-state index contributed by atoms with van der Waals surface area (Å²) in [6.45, 7) is 1.95. The highest BCUT2D eigenvalue weighted by Crippen LogP contribution is 2.08. The van der Waals surface area contributed by atoms with E-state index in [9.17, 15) is 0 Å². The summed E-state index contributed by atoms with van der Waals surface area (Å²) >= 11 is 2.17. The molecule has 0 radical (unpaired) electrons. The molecule has 0 unspecified atom stereocenters. The molecule has 1 rings (SSSR count). The van der Waals surface area contributed by atoms with Crippen molar-refractivity contribution in [3.63, 3.8) is 0 Å². The molecule has 1 atom stereocenters. The molecule has 0 aliphatic rings. The Labute approximate surface area is 74.0 Å². The van der Waals surface area contributed by atoms with Crippen LogP contribution in [0.1, 0.15) is 18.5 Å². The SMILES string of the molecule is C[C@@H](N)c1ccc(I)nc1. The van der Waals surface area contributed by atoms with Gasteiger partial charge in [0, 0.05) is 12.2 Å². The quantitative estimate of drug-likeness (QED) is 0.606. The first-order valence-corrected chi connectivity index (χ1v) is 4.15. The number of aromatic nitrogens is 1. The summed E-state index contributed by atoms with van der Waals surface area (Å²) in [5.74, 6) is 0. The third-order valence-corrected chi connectivity index (χ3v) is 1.91. The van der Waals surface area contributed by atoms with Gasteiger partial charge in [-0.2, -0.15) is 0 Å². The van der Waals surface area contributed by atoms with Gasteiger partial charge < -0.3 is 5.73 Å². The van der Waals surface area contributed by atoms with E-state index in [0.29, 0.717) is 0 Å². The first-order valence-electron chi connectivity index (χ1n) is 3.07. The monoisotopic (exact) mass is 248 g/mol. The maximum atomic E-state index is 5.62. The van der Waals surface area contributed by atoms with E-state index in [1.807, 2.05) is 25.3 Å². The van der Waals surface area contributed by atoms with Crippen LogP contribution in [0.5, 0.6) is 0 Å². The van der Waals surface area contributed by atoms with Gasteiger partial charge in [0.15, 0.2) is 0 Å². The molecule has 54 valence electrons. The fourth-order valence-corrected chi connectivity index (χ4v) is 0.976. The van der Waals surface area contributed by atoms with Crippen LogP contribution >= 0.6 is 22.6 Å². The summed E-state index contributed by atoms with van der Waals surface area (Å²) in [5, 5.41) is 0. The van der Waals surface area contributed by atoms with E-state index in [2.05, 4.69) is 27.6 Å². The maximum absolute atomic E-state index is 5.62. The second kappa shape index (κ2) is 3.30. The van der Waals surface area contributed by atoms with Crippen molar-refractivity contribution in [2.24, 2.45) is 5.73 Å². The Hall–Kier alpha value is -0.160. The van der Waals surface area contributed by atoms with Crippen LogP contribution in [-0.2, 0) is 0 Å². The van der Waals surface area contributed by atoms with Crippen LogP contribution in [0.4, 0.5) is 0 Å². The summed E-state index contributed by atoms with van der Waals surface area (Å²) < 4.78 is 1.00. The van der Waals surface area contributed by atoms with Crippen LogP contribution in [0.15, 0.2) is 18.3 Å². The van der Waals surface area contributed by atoms with Crippen LogP contribution in [0, 0.1) is 3.70 Å². The lowest BCUT2D eigenvalue weighted by atomic mass is 10.2. The fourth-order valence-electron chi connectivity index (χ4n) is 0.657. The lowest BCUT2D eigenvalue weighted by molar-refractivity contribution is 0.810. The zero-order chi connectivity index (χ0) is 7.56. The van der Waals surface area contributed by atoms with Crippen molar-refractivity contribution in [1.82, 2.24) is 4.98 Å². The van der Waals surface area contributed by atoms with Gasteiger partial charge in [-0.15, -0.1) is 0 Å². The predicted octanol–water partition coefficient (Wildman–Crippen LogP) is 1.71. The molecule has 0 spiro atoms. The molecule has 1 aromatic heterocycles. The van der Waals surface area contributed by atoms with Gasteiger partial charge in [-0.3, -0.25) is 0 Å². The second-order valence-corrected chi connectivity index (χ2v) is 3.31. The summed E-state index contributed by atoms with van der Waals surface area (Å²) in [5.41, 5.74) is 6.71. The normalized spacial score (nSPS) is 13.1. The minimum atomic E-state index is 0.0875. The Balaban J connectivity index is 2.89. The molecule has 2 nitrogen and oxygen atoms in total. The third kappa shape index (κ3) is 1.91. The molecule has 1 heterocycles. The largest absolute Gasteiger partial charge is 0.324 e. The van der Waals surface area contributed by atoms with Gasteiger partial charge in [0.2, 0.25) is 0 Å². The maximum Gasteiger partial charge on any atom is 0.101 e. The van der Waals surface area contributed by atoms with E-state index in [0.717, 1.165) is 9.26 Å². The average Bonchev–Trinajstić information content (AvgIpc) is 1.88. The molecule has 0 aliphatic carbocycles. The minimum absolute atomic E-state index is 0.0875. The minimum Gasteiger partial charge on any atom is -0.324 e. The fraction of sp³-hybridized carbons (Fsp3) is 0.286. The summed E-state index contributed by atoms with van der Waals surface area (Å²) in [4.78, 5) is 4.11. The van der Waals surface area contributed by atoms with Crippen molar-refractivity contribution in [2.45, 2.75) is 13.0 Å². The van der Waals surface area contributed by atoms with Crippen molar-refractivity contribution >= 4 is 22.6 Å². The van der Waals surface area contributed by atoms with Crippen molar-refractivity contribution < 1.29 is 0 Å². The van der Waals surface area contributed by atoms with E-state index in [4.69, 9.17) is 5.73 Å². The first kappa shape index (κ1) is 7.94. The van der Waals surface area contributed by atoms with E-state index >= 15 is 0 Å². The van der Waals surface area contributed by atoms with Gasteiger partial charge in [-0.05, 0) is 41.1 Å². The van der Waals surface area contributed by atoms with Crippen LogP contribution in [0.3, 0.4) is 0 Å². The number of pyridine rings is 1. The molecule has 0 fully saturated rings. The molecule has 10 heavy (non-hydrogen) atoms. The van der Waals surface area contributed by atoms with Crippen molar-refractivity contribution in [2.75, 3.05) is 0 Å². The van der Waals surface area contributed by atoms with E-state index < -0.39 is 0 Å². The van der Waals surface area contributed by atoms with Crippen molar-refractivity contribution in [3.8, 4) is 0 Å². The van der Waals surface area contributed by atoms with Gasteiger partial charge in [-0.25, -0.2) is 4.98 Å². The molecule has 1 aromatic rings. The Kier molecular flexibility index (Phi) is 2.62. The Morgan fingerprint density at radius 2 is 2.30 bits per heavy atom. The van der Waals surface area contributed by atoms with Crippen molar-refractivity contribution in [1.29, 1.82) is 0 Å². The highest BCUT2D eigenvalue weighted by atomic mass is 127. The Morgan fingerprint density at radius 1 is 1.60 bits per heavy atom. The summed E-state index contributed by atoms with van der Waals surface area (Å²) in [6, 6.07) is 4.04. The zero-order valence-electron chi connectivity index (χ0n) is 5.71. The third-order valence-electron chi connectivity index (χ3n) is 1.28. The van der Waals surface area contributed by atoms with Crippen LogP contribution in [0.2, 0.25) is 0 Å². The highest BCUT2D eigenvalue weighted by molar-refractivity contribution is 14.1. The molecule has 0 aliphatic heterocycles. The van der Waals surface area contributed by atoms with Gasteiger partial charge in [-0.1, -0.05) is 6.07 Å². The van der Waals surface area contributed by atoms with Gasteiger partial charge in [0.25, 0.3) is 0 Å². The van der Waals surface area contributed by atoms with Crippen LogP contribution in [0.25, 0.3) is 0 Å². The van der Waals surface area contributed by atoms with Crippen molar-refractivity contribution in [3.05, 3.63) is 27.6 Å². The molecule has 0 bridgehead atoms. The second-order valence-electron chi connectivity index (χ2n) is 2.20. The van der Waals surface area contributed by atoms with Gasteiger partial charge >= 0.3 is 0 Å². The van der Waals surface area contributed by atoms with Gasteiger partial charge in [0.1, 0.15) is 3.70 Å². The lowest BCUT2D eigenvalue weighted by Gasteiger charge is -2.02. The van der Waals surface area contributed by atoms with E-state index in [1.54, 1.807) is 0 Å². The Morgan fingerprint density at radius 3 is 2.70 bits per heavy atom. The number of halogens is 1. The standard InChI is InChI=1S/C7H9IN2/c1-5(9)6-2-3-7(8)10-4-6/h2-5H,9H2,1H3/t5-/m1/s1. The molecule has 0 aromatic carbocycles. The molecule has 0 amide bonds. The summed E-state index contributed by atoms with van der Waals surface area (Å²) in [6.07, 6.45) is 1.81. The topological polar surface area (TPSA) is 38.9 Å². The van der Waals surface area contributed by atoms with E-state index in [1.165, 1.54) is 0 Å². The molecular formula is C7H9IN2. The number of hydrogen-bond acceptors (Lipinski definition) is 2. The Bertz CT molecular complexity index is 205.